The van der Waals surface area contributed by atoms with Crippen LogP contribution in [0.2, 0.25) is 0 Å². The van der Waals surface area contributed by atoms with E-state index in [0.717, 1.165) is 16.7 Å². The van der Waals surface area contributed by atoms with Crippen molar-refractivity contribution in [2.75, 3.05) is 36.5 Å². The average molecular weight is 484 g/mol. The van der Waals surface area contributed by atoms with Crippen molar-refractivity contribution in [3.63, 3.8) is 0 Å². The predicted octanol–water partition coefficient (Wildman–Crippen LogP) is 3.28. The molecule has 1 aliphatic heterocycles. The highest BCUT2D eigenvalue weighted by Crippen LogP contribution is 2.38. The van der Waals surface area contributed by atoms with Gasteiger partial charge in [0.1, 0.15) is 12.5 Å². The number of benzene rings is 1. The van der Waals surface area contributed by atoms with Crippen molar-refractivity contribution in [2.24, 2.45) is 0 Å². The quantitative estimate of drug-likeness (QED) is 0.459. The lowest BCUT2D eigenvalue weighted by Gasteiger charge is -2.36. The first-order valence-corrected chi connectivity index (χ1v) is 10.6. The topological polar surface area (TPSA) is 131 Å². The number of carbonyl (C=O) groups excluding carboxylic acids is 1. The van der Waals surface area contributed by atoms with Crippen molar-refractivity contribution in [2.45, 2.75) is 26.4 Å². The predicted molar refractivity (Wildman–Crippen MR) is 126 cm³/mol. The maximum atomic E-state index is 14.5. The normalized spacial score (nSPS) is 14.1. The van der Waals surface area contributed by atoms with Crippen LogP contribution in [0.25, 0.3) is 0 Å². The van der Waals surface area contributed by atoms with Crippen LogP contribution in [0.1, 0.15) is 19.4 Å². The molecule has 0 saturated heterocycles. The number of pyridine rings is 1. The molecule has 0 spiro atoms. The fourth-order valence-corrected chi connectivity index (χ4v) is 3.64. The van der Waals surface area contributed by atoms with Gasteiger partial charge >= 0.3 is 0 Å². The Kier molecular flexibility index (Phi) is 6.31. The van der Waals surface area contributed by atoms with Crippen LogP contribution < -0.4 is 29.7 Å². The molecule has 184 valence electrons. The molecular weight excluding hydrogens is 459 g/mol. The molecule has 0 radical (unpaired) electrons. The van der Waals surface area contributed by atoms with Gasteiger partial charge in [0, 0.05) is 11.8 Å². The highest BCUT2D eigenvalue weighted by atomic mass is 19.1. The number of hydrogen-bond donors (Lipinski definition) is 3. The molecule has 0 bridgehead atoms. The molecule has 3 aromatic rings. The Hall–Kier alpha value is -4.19. The van der Waals surface area contributed by atoms with Crippen LogP contribution in [-0.2, 0) is 4.79 Å². The first-order chi connectivity index (χ1) is 16.7. The molecule has 12 heteroatoms. The van der Waals surface area contributed by atoms with Gasteiger partial charge in [0.25, 0.3) is 5.91 Å². The van der Waals surface area contributed by atoms with Gasteiger partial charge < -0.3 is 30.0 Å². The molecule has 2 aromatic heterocycles. The lowest BCUT2D eigenvalue weighted by atomic mass is 10.1. The van der Waals surface area contributed by atoms with Gasteiger partial charge in [-0.3, -0.25) is 9.69 Å². The lowest BCUT2D eigenvalue weighted by Crippen LogP contribution is -2.53. The van der Waals surface area contributed by atoms with Gasteiger partial charge in [-0.2, -0.15) is 4.98 Å². The molecule has 11 nitrogen and oxygen atoms in total. The number of aromatic nitrogens is 3. The van der Waals surface area contributed by atoms with Gasteiger partial charge in [0.15, 0.2) is 40.3 Å². The number of rotatable bonds is 7. The third-order valence-corrected chi connectivity index (χ3v) is 5.27. The number of carbonyl (C=O) groups is 1. The van der Waals surface area contributed by atoms with Gasteiger partial charge in [-0.25, -0.2) is 14.4 Å². The van der Waals surface area contributed by atoms with Crippen molar-refractivity contribution in [1.29, 1.82) is 0 Å². The molecule has 0 saturated carbocycles. The molecule has 3 N–H and O–H groups in total. The molecular formula is C23H25FN6O5. The van der Waals surface area contributed by atoms with E-state index in [-0.39, 0.29) is 23.4 Å². The summed E-state index contributed by atoms with van der Waals surface area (Å²) in [7, 11) is 3.08. The van der Waals surface area contributed by atoms with Crippen LogP contribution in [0.4, 0.5) is 33.5 Å². The first-order valence-electron chi connectivity index (χ1n) is 10.6. The van der Waals surface area contributed by atoms with Crippen LogP contribution in [0.5, 0.6) is 17.2 Å². The van der Waals surface area contributed by atoms with Gasteiger partial charge in [-0.05, 0) is 44.5 Å². The summed E-state index contributed by atoms with van der Waals surface area (Å²) in [6.45, 7) is 4.46. The molecule has 1 aliphatic rings. The monoisotopic (exact) mass is 484 g/mol. The van der Waals surface area contributed by atoms with Crippen LogP contribution in [0.3, 0.4) is 0 Å². The number of ether oxygens (including phenoxy) is 3. The van der Waals surface area contributed by atoms with E-state index in [9.17, 15) is 14.3 Å². The minimum absolute atomic E-state index is 0.107. The molecule has 0 unspecified atom stereocenters. The number of anilines is 5. The van der Waals surface area contributed by atoms with Crippen LogP contribution >= 0.6 is 0 Å². The Morgan fingerprint density at radius 1 is 1.17 bits per heavy atom. The van der Waals surface area contributed by atoms with Crippen LogP contribution in [0, 0.1) is 12.7 Å². The van der Waals surface area contributed by atoms with Crippen LogP contribution in [-0.4, -0.2) is 52.5 Å². The zero-order valence-corrected chi connectivity index (χ0v) is 19.8. The number of hydrogen-bond acceptors (Lipinski definition) is 10. The van der Waals surface area contributed by atoms with Gasteiger partial charge in [0.05, 0.1) is 20.4 Å². The second kappa shape index (κ2) is 9.22. The number of halogens is 1. The number of aliphatic hydroxyl groups excluding tert-OH is 1. The largest absolute Gasteiger partial charge is 0.493 e. The summed E-state index contributed by atoms with van der Waals surface area (Å²) < 4.78 is 30.9. The summed E-state index contributed by atoms with van der Waals surface area (Å²) in [5.74, 6) is 0.515. The summed E-state index contributed by atoms with van der Waals surface area (Å²) in [4.78, 5) is 26.2. The third-order valence-electron chi connectivity index (χ3n) is 5.27. The van der Waals surface area contributed by atoms with Gasteiger partial charge in [-0.15, -0.1) is 0 Å². The van der Waals surface area contributed by atoms with E-state index in [2.05, 4.69) is 25.6 Å². The average Bonchev–Trinajstić information content (AvgIpc) is 2.82. The van der Waals surface area contributed by atoms with E-state index in [1.807, 2.05) is 13.0 Å². The van der Waals surface area contributed by atoms with Gasteiger partial charge in [0.2, 0.25) is 5.95 Å². The Balaban J connectivity index is 1.61. The summed E-state index contributed by atoms with van der Waals surface area (Å²) in [6, 6.07) is 6.64. The van der Waals surface area contributed by atoms with E-state index in [1.54, 1.807) is 39.2 Å². The molecule has 1 amide bonds. The van der Waals surface area contributed by atoms with E-state index < -0.39 is 24.1 Å². The maximum absolute atomic E-state index is 14.5. The Labute approximate surface area is 200 Å². The standard InChI is InChI=1S/C23H25FN6O5/c1-12-8-13(9-16(33-4)18(12)34-5)26-22-25-10-14(24)19(29-22)27-17-7-6-15-20(28-17)30(11-31)21(32)23(2,3)35-15/h6-10,31H,11H2,1-5H3,(H2,25,26,27,28,29). The van der Waals surface area contributed by atoms with Crippen molar-refractivity contribution < 1.29 is 28.5 Å². The number of aryl methyl sites for hydroxylation is 1. The molecule has 0 fully saturated rings. The van der Waals surface area contributed by atoms with Crippen molar-refractivity contribution in [3.05, 3.63) is 41.8 Å². The molecule has 3 heterocycles. The van der Waals surface area contributed by atoms with Gasteiger partial charge in [-0.1, -0.05) is 0 Å². The summed E-state index contributed by atoms with van der Waals surface area (Å²) in [5.41, 5.74) is 0.275. The number of amides is 1. The van der Waals surface area contributed by atoms with Crippen LogP contribution in [0.15, 0.2) is 30.5 Å². The van der Waals surface area contributed by atoms with E-state index >= 15 is 0 Å². The van der Waals surface area contributed by atoms with Crippen molar-refractivity contribution in [1.82, 2.24) is 15.0 Å². The Morgan fingerprint density at radius 3 is 2.63 bits per heavy atom. The Morgan fingerprint density at radius 2 is 1.94 bits per heavy atom. The number of aliphatic hydroxyl groups is 1. The fraction of sp³-hybridized carbons (Fsp3) is 0.304. The number of fused-ring (bicyclic) bond motifs is 1. The summed E-state index contributed by atoms with van der Waals surface area (Å²) in [6.07, 6.45) is 1.01. The first kappa shape index (κ1) is 24.0. The highest BCUT2D eigenvalue weighted by Gasteiger charge is 2.41. The smallest absolute Gasteiger partial charge is 0.273 e. The molecule has 0 aliphatic carbocycles. The summed E-state index contributed by atoms with van der Waals surface area (Å²) in [5, 5.41) is 15.5. The fourth-order valence-electron chi connectivity index (χ4n) is 3.64. The van der Waals surface area contributed by atoms with E-state index in [0.29, 0.717) is 22.9 Å². The number of nitrogens with zero attached hydrogens (tertiary/aromatic N) is 4. The second-order valence-electron chi connectivity index (χ2n) is 8.17. The molecule has 35 heavy (non-hydrogen) atoms. The summed E-state index contributed by atoms with van der Waals surface area (Å²) >= 11 is 0. The zero-order valence-electron chi connectivity index (χ0n) is 19.8. The minimum Gasteiger partial charge on any atom is -0.493 e. The second-order valence-corrected chi connectivity index (χ2v) is 8.17. The highest BCUT2D eigenvalue weighted by molar-refractivity contribution is 6.01. The van der Waals surface area contributed by atoms with E-state index in [4.69, 9.17) is 14.2 Å². The number of methoxy groups -OCH3 is 2. The lowest BCUT2D eigenvalue weighted by molar-refractivity contribution is -0.133. The third kappa shape index (κ3) is 4.60. The zero-order chi connectivity index (χ0) is 25.3. The van der Waals surface area contributed by atoms with Crippen molar-refractivity contribution >= 4 is 35.0 Å². The number of nitrogens with one attached hydrogen (secondary N) is 2. The maximum Gasteiger partial charge on any atom is 0.273 e. The Bertz CT molecular complexity index is 1290. The molecule has 1 aromatic carbocycles. The molecule has 4 rings (SSSR count). The molecule has 0 atom stereocenters. The SMILES string of the molecule is COc1cc(Nc2ncc(F)c(Nc3ccc4c(n3)N(CO)C(=O)C(C)(C)O4)n2)cc(C)c1OC. The minimum atomic E-state index is -1.16. The van der Waals surface area contributed by atoms with Crippen molar-refractivity contribution in [3.8, 4) is 17.2 Å². The van der Waals surface area contributed by atoms with E-state index in [1.165, 1.54) is 7.11 Å².